The molecule has 0 aromatic rings. The molecule has 2 saturated carbocycles. The van der Waals surface area contributed by atoms with Crippen LogP contribution in [0.5, 0.6) is 0 Å². The van der Waals surface area contributed by atoms with Gasteiger partial charge < -0.3 is 5.11 Å². The van der Waals surface area contributed by atoms with Gasteiger partial charge in [-0.3, -0.25) is 4.79 Å². The van der Waals surface area contributed by atoms with Crippen LogP contribution in [0.4, 0.5) is 0 Å². The van der Waals surface area contributed by atoms with Crippen molar-refractivity contribution in [3.8, 4) is 0 Å². The van der Waals surface area contributed by atoms with Crippen molar-refractivity contribution in [1.82, 2.24) is 0 Å². The van der Waals surface area contributed by atoms with Gasteiger partial charge in [-0.2, -0.15) is 0 Å². The molecule has 3 unspecified atom stereocenters. The van der Waals surface area contributed by atoms with Crippen molar-refractivity contribution in [2.24, 2.45) is 17.3 Å². The van der Waals surface area contributed by atoms with Crippen molar-refractivity contribution in [2.45, 2.75) is 32.6 Å². The molecule has 2 aliphatic rings. The van der Waals surface area contributed by atoms with Gasteiger partial charge in [0.15, 0.2) is 0 Å². The third-order valence-corrected chi connectivity index (χ3v) is 3.47. The first-order valence-corrected chi connectivity index (χ1v) is 4.34. The molecule has 0 radical (unpaired) electrons. The molecule has 2 rings (SSSR count). The van der Waals surface area contributed by atoms with Crippen LogP contribution in [0, 0.1) is 17.3 Å². The van der Waals surface area contributed by atoms with Crippen molar-refractivity contribution in [3.63, 3.8) is 0 Å². The molecule has 0 aliphatic heterocycles. The van der Waals surface area contributed by atoms with Crippen molar-refractivity contribution in [3.05, 3.63) is 0 Å². The maximum atomic E-state index is 10.7. The van der Waals surface area contributed by atoms with Gasteiger partial charge in [0.1, 0.15) is 0 Å². The van der Waals surface area contributed by atoms with E-state index in [1.165, 1.54) is 6.42 Å². The highest BCUT2D eigenvalue weighted by Gasteiger charge is 2.50. The third kappa shape index (κ3) is 0.959. The fourth-order valence-electron chi connectivity index (χ4n) is 2.89. The quantitative estimate of drug-likeness (QED) is 0.626. The van der Waals surface area contributed by atoms with Gasteiger partial charge in [0.2, 0.25) is 0 Å². The Morgan fingerprint density at radius 2 is 2.27 bits per heavy atom. The molecule has 0 spiro atoms. The standard InChI is InChI=1S/C9H14O2/c1-9-3-2-6(4-9)7(5-9)8(10)11/h6-7H,2-5H2,1H3,(H,10,11). The molecule has 1 N–H and O–H groups in total. The second-order valence-corrected chi connectivity index (χ2v) is 4.46. The molecule has 11 heavy (non-hydrogen) atoms. The SMILES string of the molecule is CC12CCC(C1)C(C(=O)O)C2. The van der Waals surface area contributed by atoms with Crippen LogP contribution < -0.4 is 0 Å². The lowest BCUT2D eigenvalue weighted by molar-refractivity contribution is -0.143. The molecule has 0 aromatic heterocycles. The number of hydrogen-bond donors (Lipinski definition) is 1. The van der Waals surface area contributed by atoms with Crippen LogP contribution in [0.3, 0.4) is 0 Å². The predicted octanol–water partition coefficient (Wildman–Crippen LogP) is 1.90. The summed E-state index contributed by atoms with van der Waals surface area (Å²) in [7, 11) is 0. The smallest absolute Gasteiger partial charge is 0.306 e. The summed E-state index contributed by atoms with van der Waals surface area (Å²) in [5.41, 5.74) is 0.383. The molecule has 0 heterocycles. The minimum absolute atomic E-state index is 0.0197. The fraction of sp³-hybridized carbons (Fsp3) is 0.889. The number of hydrogen-bond acceptors (Lipinski definition) is 1. The largest absolute Gasteiger partial charge is 0.481 e. The van der Waals surface area contributed by atoms with Gasteiger partial charge in [-0.25, -0.2) is 0 Å². The summed E-state index contributed by atoms with van der Waals surface area (Å²) in [5, 5.41) is 8.85. The zero-order valence-corrected chi connectivity index (χ0v) is 6.84. The van der Waals surface area contributed by atoms with Gasteiger partial charge in [0, 0.05) is 0 Å². The molecule has 2 nitrogen and oxygen atoms in total. The molecule has 0 saturated heterocycles. The molecule has 2 bridgehead atoms. The summed E-state index contributed by atoms with van der Waals surface area (Å²) >= 11 is 0. The van der Waals surface area contributed by atoms with Crippen LogP contribution in [0.15, 0.2) is 0 Å². The number of carboxylic acid groups (broad SMARTS) is 1. The Balaban J connectivity index is 2.16. The van der Waals surface area contributed by atoms with Gasteiger partial charge in [0.05, 0.1) is 5.92 Å². The van der Waals surface area contributed by atoms with E-state index in [0.717, 1.165) is 19.3 Å². The third-order valence-electron chi connectivity index (χ3n) is 3.47. The first-order valence-electron chi connectivity index (χ1n) is 4.34. The fourth-order valence-corrected chi connectivity index (χ4v) is 2.89. The van der Waals surface area contributed by atoms with Crippen molar-refractivity contribution in [2.75, 3.05) is 0 Å². The van der Waals surface area contributed by atoms with E-state index < -0.39 is 5.97 Å². The lowest BCUT2D eigenvalue weighted by Crippen LogP contribution is -2.22. The van der Waals surface area contributed by atoms with Gasteiger partial charge in [0.25, 0.3) is 0 Å². The Hall–Kier alpha value is -0.530. The van der Waals surface area contributed by atoms with Crippen molar-refractivity contribution >= 4 is 5.97 Å². The van der Waals surface area contributed by atoms with Crippen molar-refractivity contribution in [1.29, 1.82) is 0 Å². The Morgan fingerprint density at radius 1 is 1.55 bits per heavy atom. The zero-order chi connectivity index (χ0) is 8.06. The van der Waals surface area contributed by atoms with E-state index in [1.807, 2.05) is 0 Å². The van der Waals surface area contributed by atoms with Gasteiger partial charge >= 0.3 is 5.97 Å². The van der Waals surface area contributed by atoms with Crippen LogP contribution in [-0.2, 0) is 4.79 Å². The van der Waals surface area contributed by atoms with E-state index in [0.29, 0.717) is 11.3 Å². The molecule has 2 fully saturated rings. The number of fused-ring (bicyclic) bond motifs is 2. The molecule has 0 amide bonds. The minimum atomic E-state index is -0.571. The summed E-state index contributed by atoms with van der Waals surface area (Å²) in [6.45, 7) is 2.23. The molecule has 2 aliphatic carbocycles. The maximum absolute atomic E-state index is 10.7. The summed E-state index contributed by atoms with van der Waals surface area (Å²) in [5.74, 6) is -0.0929. The molecule has 2 heteroatoms. The summed E-state index contributed by atoms with van der Waals surface area (Å²) in [6.07, 6.45) is 4.48. The average molecular weight is 154 g/mol. The predicted molar refractivity (Wildman–Crippen MR) is 41.2 cm³/mol. The van der Waals surface area contributed by atoms with Gasteiger partial charge in [-0.15, -0.1) is 0 Å². The van der Waals surface area contributed by atoms with E-state index >= 15 is 0 Å². The molecule has 62 valence electrons. The lowest BCUT2D eigenvalue weighted by atomic mass is 9.82. The van der Waals surface area contributed by atoms with Crippen molar-refractivity contribution < 1.29 is 9.90 Å². The molecule has 0 aromatic carbocycles. The Morgan fingerprint density at radius 3 is 2.55 bits per heavy atom. The summed E-state index contributed by atoms with van der Waals surface area (Å²) in [6, 6.07) is 0. The monoisotopic (exact) mass is 154 g/mol. The highest BCUT2D eigenvalue weighted by molar-refractivity contribution is 5.71. The van der Waals surface area contributed by atoms with Gasteiger partial charge in [-0.1, -0.05) is 6.92 Å². The van der Waals surface area contributed by atoms with Crippen LogP contribution in [0.1, 0.15) is 32.6 Å². The molecular formula is C9H14O2. The lowest BCUT2D eigenvalue weighted by Gasteiger charge is -2.23. The van der Waals surface area contributed by atoms with E-state index in [2.05, 4.69) is 6.92 Å². The van der Waals surface area contributed by atoms with Crippen LogP contribution in [0.25, 0.3) is 0 Å². The second kappa shape index (κ2) is 1.99. The molecule has 3 atom stereocenters. The Labute approximate surface area is 66.6 Å². The highest BCUT2D eigenvalue weighted by atomic mass is 16.4. The average Bonchev–Trinajstić information content (AvgIpc) is 2.41. The van der Waals surface area contributed by atoms with Crippen LogP contribution >= 0.6 is 0 Å². The number of carboxylic acids is 1. The number of aliphatic carboxylic acids is 1. The first kappa shape index (κ1) is 7.14. The highest BCUT2D eigenvalue weighted by Crippen LogP contribution is 2.56. The zero-order valence-electron chi connectivity index (χ0n) is 6.84. The number of carbonyl (C=O) groups is 1. The maximum Gasteiger partial charge on any atom is 0.306 e. The second-order valence-electron chi connectivity index (χ2n) is 4.46. The Bertz CT molecular complexity index is 200. The van der Waals surface area contributed by atoms with Gasteiger partial charge in [-0.05, 0) is 37.0 Å². The Kier molecular flexibility index (Phi) is 1.29. The number of rotatable bonds is 1. The topological polar surface area (TPSA) is 37.3 Å². The minimum Gasteiger partial charge on any atom is -0.481 e. The van der Waals surface area contributed by atoms with Crippen LogP contribution in [-0.4, -0.2) is 11.1 Å². The normalized spacial score (nSPS) is 48.1. The summed E-state index contributed by atoms with van der Waals surface area (Å²) < 4.78 is 0. The van der Waals surface area contributed by atoms with E-state index in [4.69, 9.17) is 5.11 Å². The van der Waals surface area contributed by atoms with E-state index in [-0.39, 0.29) is 5.92 Å². The first-order chi connectivity index (χ1) is 5.11. The van der Waals surface area contributed by atoms with Crippen LogP contribution in [0.2, 0.25) is 0 Å². The van der Waals surface area contributed by atoms with E-state index in [9.17, 15) is 4.79 Å². The molecular weight excluding hydrogens is 140 g/mol. The van der Waals surface area contributed by atoms with E-state index in [1.54, 1.807) is 0 Å². The summed E-state index contributed by atoms with van der Waals surface area (Å²) in [4.78, 5) is 10.7.